The molecule has 122 valence electrons. The molecule has 0 saturated heterocycles. The van der Waals surface area contributed by atoms with Gasteiger partial charge in [0.2, 0.25) is 0 Å². The number of urea groups is 1. The zero-order valence-corrected chi connectivity index (χ0v) is 14.0. The van der Waals surface area contributed by atoms with Gasteiger partial charge in [0, 0.05) is 11.5 Å². The predicted octanol–water partition coefficient (Wildman–Crippen LogP) is 4.04. The van der Waals surface area contributed by atoms with Crippen molar-refractivity contribution in [1.29, 1.82) is 0 Å². The predicted molar refractivity (Wildman–Crippen MR) is 95.9 cm³/mol. The van der Waals surface area contributed by atoms with Crippen molar-refractivity contribution in [3.8, 4) is 0 Å². The van der Waals surface area contributed by atoms with Crippen LogP contribution in [-0.2, 0) is 0 Å². The summed E-state index contributed by atoms with van der Waals surface area (Å²) >= 11 is 1.59. The van der Waals surface area contributed by atoms with Crippen LogP contribution in [0.1, 0.15) is 24.4 Å². The van der Waals surface area contributed by atoms with Crippen molar-refractivity contribution in [3.63, 3.8) is 0 Å². The average molecular weight is 330 g/mol. The summed E-state index contributed by atoms with van der Waals surface area (Å²) in [6.07, 6.45) is 3.31. The van der Waals surface area contributed by atoms with Crippen LogP contribution in [-0.4, -0.2) is 24.0 Å². The third-order valence-corrected chi connectivity index (χ3v) is 4.31. The highest BCUT2D eigenvalue weighted by atomic mass is 32.2. The third kappa shape index (κ3) is 5.30. The van der Waals surface area contributed by atoms with Crippen LogP contribution >= 0.6 is 11.8 Å². The number of amides is 2. The quantitative estimate of drug-likeness (QED) is 0.671. The van der Waals surface area contributed by atoms with Gasteiger partial charge in [-0.1, -0.05) is 42.5 Å². The first-order valence-electron chi connectivity index (χ1n) is 7.61. The molecule has 2 aromatic carbocycles. The summed E-state index contributed by atoms with van der Waals surface area (Å²) in [6, 6.07) is 17.2. The summed E-state index contributed by atoms with van der Waals surface area (Å²) < 4.78 is 0. The first kappa shape index (κ1) is 17.4. The van der Waals surface area contributed by atoms with Gasteiger partial charge in [0.1, 0.15) is 0 Å². The van der Waals surface area contributed by atoms with Gasteiger partial charge < -0.3 is 15.7 Å². The van der Waals surface area contributed by atoms with Gasteiger partial charge in [0.05, 0.1) is 11.7 Å². The Labute approximate surface area is 141 Å². The van der Waals surface area contributed by atoms with E-state index in [-0.39, 0.29) is 18.7 Å². The van der Waals surface area contributed by atoms with E-state index in [1.54, 1.807) is 11.8 Å². The number of hydrogen-bond donors (Lipinski definition) is 3. The molecule has 0 aliphatic heterocycles. The number of carbonyl (C=O) groups excluding carboxylic acids is 1. The second-order valence-corrected chi connectivity index (χ2v) is 5.98. The smallest absolute Gasteiger partial charge is 0.319 e. The summed E-state index contributed by atoms with van der Waals surface area (Å²) in [4.78, 5) is 13.4. The monoisotopic (exact) mass is 330 g/mol. The fraction of sp³-hybridized carbons (Fsp3) is 0.278. The molecule has 23 heavy (non-hydrogen) atoms. The Kier molecular flexibility index (Phi) is 6.97. The lowest BCUT2D eigenvalue weighted by atomic mass is 10.0. The van der Waals surface area contributed by atoms with Crippen LogP contribution in [0.3, 0.4) is 0 Å². The number of anilines is 1. The van der Waals surface area contributed by atoms with Crippen molar-refractivity contribution < 1.29 is 9.90 Å². The van der Waals surface area contributed by atoms with Crippen LogP contribution in [0.5, 0.6) is 0 Å². The first-order valence-corrected chi connectivity index (χ1v) is 8.83. The van der Waals surface area contributed by atoms with Crippen LogP contribution in [0, 0.1) is 0 Å². The minimum Gasteiger partial charge on any atom is -0.396 e. The van der Waals surface area contributed by atoms with E-state index < -0.39 is 0 Å². The van der Waals surface area contributed by atoms with Gasteiger partial charge >= 0.3 is 6.03 Å². The molecular formula is C18H22N2O2S. The van der Waals surface area contributed by atoms with Gasteiger partial charge in [-0.2, -0.15) is 0 Å². The van der Waals surface area contributed by atoms with E-state index in [1.165, 1.54) is 0 Å². The molecule has 0 radical (unpaired) electrons. The fourth-order valence-corrected chi connectivity index (χ4v) is 2.92. The van der Waals surface area contributed by atoms with E-state index in [9.17, 15) is 4.79 Å². The van der Waals surface area contributed by atoms with E-state index in [2.05, 4.69) is 10.6 Å². The van der Waals surface area contributed by atoms with Crippen LogP contribution in [0.2, 0.25) is 0 Å². The van der Waals surface area contributed by atoms with Gasteiger partial charge in [0.15, 0.2) is 0 Å². The van der Waals surface area contributed by atoms with Gasteiger partial charge in [-0.05, 0) is 36.8 Å². The van der Waals surface area contributed by atoms with Gasteiger partial charge in [-0.15, -0.1) is 11.8 Å². The molecule has 1 atom stereocenters. The van der Waals surface area contributed by atoms with Gasteiger partial charge in [-0.3, -0.25) is 0 Å². The summed E-state index contributed by atoms with van der Waals surface area (Å²) in [6.45, 7) is 0.113. The van der Waals surface area contributed by atoms with Crippen LogP contribution < -0.4 is 10.6 Å². The highest BCUT2D eigenvalue weighted by molar-refractivity contribution is 7.98. The number of rotatable bonds is 7. The number of aliphatic hydroxyl groups excluding tert-OH is 1. The van der Waals surface area contributed by atoms with E-state index >= 15 is 0 Å². The molecule has 2 rings (SSSR count). The number of nitrogens with one attached hydrogen (secondary N) is 2. The molecule has 4 nitrogen and oxygen atoms in total. The first-order chi connectivity index (χ1) is 11.2. The number of thioether (sulfide) groups is 1. The number of hydrogen-bond acceptors (Lipinski definition) is 3. The number of carbonyl (C=O) groups is 1. The minimum atomic E-state index is -0.238. The van der Waals surface area contributed by atoms with E-state index in [0.29, 0.717) is 12.8 Å². The lowest BCUT2D eigenvalue weighted by Gasteiger charge is -2.20. The molecule has 0 fully saturated rings. The highest BCUT2D eigenvalue weighted by Crippen LogP contribution is 2.25. The molecular weight excluding hydrogens is 308 g/mol. The molecule has 1 unspecified atom stereocenters. The van der Waals surface area contributed by atoms with Gasteiger partial charge in [0.25, 0.3) is 0 Å². The fourth-order valence-electron chi connectivity index (χ4n) is 2.37. The second-order valence-electron chi connectivity index (χ2n) is 5.13. The summed E-state index contributed by atoms with van der Waals surface area (Å²) in [5.74, 6) is 0. The third-order valence-electron chi connectivity index (χ3n) is 3.51. The zero-order valence-electron chi connectivity index (χ0n) is 13.2. The second kappa shape index (κ2) is 9.22. The molecule has 0 aromatic heterocycles. The maximum Gasteiger partial charge on any atom is 0.319 e. The van der Waals surface area contributed by atoms with E-state index in [4.69, 9.17) is 5.11 Å². The van der Waals surface area contributed by atoms with Crippen molar-refractivity contribution in [1.82, 2.24) is 5.32 Å². The molecule has 0 aliphatic rings. The lowest BCUT2D eigenvalue weighted by Crippen LogP contribution is -2.32. The standard InChI is InChI=1S/C18H22N2O2S/c1-23-17-12-6-5-10-16(17)20-18(22)19-15(11-7-13-21)14-8-3-2-4-9-14/h2-6,8-10,12,15,21H,7,11,13H2,1H3,(H2,19,20,22). The molecule has 0 aliphatic carbocycles. The number of benzene rings is 2. The molecule has 0 saturated carbocycles. The largest absolute Gasteiger partial charge is 0.396 e. The Balaban J connectivity index is 2.05. The summed E-state index contributed by atoms with van der Waals surface area (Å²) in [5.41, 5.74) is 1.83. The van der Waals surface area contributed by atoms with Gasteiger partial charge in [-0.25, -0.2) is 4.79 Å². The molecule has 3 N–H and O–H groups in total. The lowest BCUT2D eigenvalue weighted by molar-refractivity contribution is 0.243. The van der Waals surface area contributed by atoms with Crippen molar-refractivity contribution in [3.05, 3.63) is 60.2 Å². The van der Waals surface area contributed by atoms with Crippen LogP contribution in [0.4, 0.5) is 10.5 Å². The van der Waals surface area contributed by atoms with Crippen LogP contribution in [0.15, 0.2) is 59.5 Å². The van der Waals surface area contributed by atoms with E-state index in [0.717, 1.165) is 16.1 Å². The van der Waals surface area contributed by atoms with Crippen LogP contribution in [0.25, 0.3) is 0 Å². The Hall–Kier alpha value is -1.98. The summed E-state index contributed by atoms with van der Waals surface area (Å²) in [7, 11) is 0. The molecule has 0 bridgehead atoms. The Morgan fingerprint density at radius 2 is 1.83 bits per heavy atom. The highest BCUT2D eigenvalue weighted by Gasteiger charge is 2.14. The molecule has 0 heterocycles. The number of aliphatic hydroxyl groups is 1. The number of para-hydroxylation sites is 1. The van der Waals surface area contributed by atoms with Crippen molar-refractivity contribution >= 4 is 23.5 Å². The Bertz CT molecular complexity index is 619. The zero-order chi connectivity index (χ0) is 16.5. The molecule has 2 amide bonds. The Morgan fingerprint density at radius 3 is 2.52 bits per heavy atom. The van der Waals surface area contributed by atoms with Crippen molar-refractivity contribution in [2.75, 3.05) is 18.2 Å². The molecule has 5 heteroatoms. The topological polar surface area (TPSA) is 61.4 Å². The summed E-state index contributed by atoms with van der Waals surface area (Å²) in [5, 5.41) is 15.0. The Morgan fingerprint density at radius 1 is 1.13 bits per heavy atom. The average Bonchev–Trinajstić information content (AvgIpc) is 2.59. The maximum atomic E-state index is 12.3. The van der Waals surface area contributed by atoms with E-state index in [1.807, 2.05) is 60.9 Å². The normalized spacial score (nSPS) is 11.7. The van der Waals surface area contributed by atoms with Crippen molar-refractivity contribution in [2.45, 2.75) is 23.8 Å². The maximum absolute atomic E-state index is 12.3. The van der Waals surface area contributed by atoms with Crippen molar-refractivity contribution in [2.24, 2.45) is 0 Å². The minimum absolute atomic E-state index is 0.113. The molecule has 2 aromatic rings. The SMILES string of the molecule is CSc1ccccc1NC(=O)NC(CCCO)c1ccccc1. The molecule has 0 spiro atoms.